The van der Waals surface area contributed by atoms with Crippen LogP contribution in [0.15, 0.2) is 30.5 Å². The Balaban J connectivity index is 1.23. The fourth-order valence-electron chi connectivity index (χ4n) is 4.33. The van der Waals surface area contributed by atoms with E-state index in [2.05, 4.69) is 22.0 Å². The average Bonchev–Trinajstić information content (AvgIpc) is 3.25. The Kier molecular flexibility index (Phi) is 5.23. The van der Waals surface area contributed by atoms with Crippen molar-refractivity contribution in [3.63, 3.8) is 0 Å². The van der Waals surface area contributed by atoms with E-state index in [1.807, 2.05) is 23.2 Å². The third-order valence-electron chi connectivity index (χ3n) is 5.90. The van der Waals surface area contributed by atoms with Gasteiger partial charge in [0.25, 0.3) is 0 Å². The Hall–Kier alpha value is -1.86. The predicted molar refractivity (Wildman–Crippen MR) is 106 cm³/mol. The van der Waals surface area contributed by atoms with Gasteiger partial charge < -0.3 is 9.88 Å². The van der Waals surface area contributed by atoms with Crippen molar-refractivity contribution < 1.29 is 13.2 Å². The Morgan fingerprint density at radius 2 is 1.93 bits per heavy atom. The molecular weight excluding hydrogens is 362 g/mol. The molecule has 1 amide bonds. The van der Waals surface area contributed by atoms with E-state index in [0.717, 1.165) is 37.9 Å². The largest absolute Gasteiger partial charge is 0.361 e. The number of aromatic amines is 1. The van der Waals surface area contributed by atoms with Gasteiger partial charge in [-0.2, -0.15) is 0 Å². The number of nitrogens with zero attached hydrogens (tertiary/aromatic N) is 2. The van der Waals surface area contributed by atoms with Crippen molar-refractivity contribution in [1.29, 1.82) is 0 Å². The van der Waals surface area contributed by atoms with Crippen LogP contribution in [0.4, 0.5) is 0 Å². The first kappa shape index (κ1) is 18.5. The Morgan fingerprint density at radius 3 is 2.67 bits per heavy atom. The highest BCUT2D eigenvalue weighted by atomic mass is 32.2. The zero-order valence-corrected chi connectivity index (χ0v) is 16.4. The Labute approximate surface area is 160 Å². The SMILES string of the molecule is O=C(CCCc1c[nH]c2ccccc12)N1CCN(C2CCS(=O)(=O)C2)CC1. The smallest absolute Gasteiger partial charge is 0.222 e. The number of aromatic nitrogens is 1. The normalized spacial score (nSPS) is 23.1. The zero-order valence-electron chi connectivity index (χ0n) is 15.6. The van der Waals surface area contributed by atoms with Gasteiger partial charge in [0.05, 0.1) is 11.5 Å². The molecule has 0 spiro atoms. The van der Waals surface area contributed by atoms with Crippen LogP contribution in [0.1, 0.15) is 24.8 Å². The maximum absolute atomic E-state index is 12.5. The van der Waals surface area contributed by atoms with Crippen LogP contribution < -0.4 is 0 Å². The average molecular weight is 390 g/mol. The van der Waals surface area contributed by atoms with E-state index in [9.17, 15) is 13.2 Å². The molecule has 27 heavy (non-hydrogen) atoms. The second kappa shape index (κ2) is 7.64. The molecule has 2 aromatic rings. The van der Waals surface area contributed by atoms with Gasteiger partial charge in [0.1, 0.15) is 0 Å². The number of aryl methyl sites for hydroxylation is 1. The van der Waals surface area contributed by atoms with Crippen molar-refractivity contribution in [2.45, 2.75) is 31.7 Å². The molecule has 2 aliphatic rings. The second-order valence-electron chi connectivity index (χ2n) is 7.69. The number of fused-ring (bicyclic) bond motifs is 1. The van der Waals surface area contributed by atoms with Crippen molar-refractivity contribution in [1.82, 2.24) is 14.8 Å². The summed E-state index contributed by atoms with van der Waals surface area (Å²) in [6.45, 7) is 2.99. The topological polar surface area (TPSA) is 73.5 Å². The van der Waals surface area contributed by atoms with Gasteiger partial charge in [-0.1, -0.05) is 18.2 Å². The lowest BCUT2D eigenvalue weighted by atomic mass is 10.1. The number of para-hydroxylation sites is 1. The summed E-state index contributed by atoms with van der Waals surface area (Å²) < 4.78 is 23.3. The number of carbonyl (C=O) groups is 1. The monoisotopic (exact) mass is 389 g/mol. The van der Waals surface area contributed by atoms with E-state index in [0.29, 0.717) is 25.3 Å². The van der Waals surface area contributed by atoms with Gasteiger partial charge in [-0.3, -0.25) is 9.69 Å². The van der Waals surface area contributed by atoms with E-state index >= 15 is 0 Å². The van der Waals surface area contributed by atoms with Gasteiger partial charge in [0.2, 0.25) is 5.91 Å². The summed E-state index contributed by atoms with van der Waals surface area (Å²) in [6, 6.07) is 8.39. The highest BCUT2D eigenvalue weighted by Gasteiger charge is 2.34. The van der Waals surface area contributed by atoms with Crippen LogP contribution in [0.2, 0.25) is 0 Å². The summed E-state index contributed by atoms with van der Waals surface area (Å²) in [7, 11) is -2.85. The van der Waals surface area contributed by atoms with Crippen molar-refractivity contribution in [2.24, 2.45) is 0 Å². The number of benzene rings is 1. The van der Waals surface area contributed by atoms with Gasteiger partial charge in [-0.15, -0.1) is 0 Å². The van der Waals surface area contributed by atoms with Crippen LogP contribution in [0.25, 0.3) is 10.9 Å². The lowest BCUT2D eigenvalue weighted by Crippen LogP contribution is -2.52. The predicted octanol–water partition coefficient (Wildman–Crippen LogP) is 1.82. The molecule has 0 saturated carbocycles. The molecule has 2 fully saturated rings. The number of H-pyrrole nitrogens is 1. The minimum atomic E-state index is -2.85. The van der Waals surface area contributed by atoms with Crippen LogP contribution in [-0.4, -0.2) is 72.8 Å². The molecule has 6 nitrogen and oxygen atoms in total. The third kappa shape index (κ3) is 4.19. The molecule has 1 atom stereocenters. The highest BCUT2D eigenvalue weighted by molar-refractivity contribution is 7.91. The summed E-state index contributed by atoms with van der Waals surface area (Å²) in [6.07, 6.45) is 5.10. The number of hydrogen-bond acceptors (Lipinski definition) is 4. The van der Waals surface area contributed by atoms with Gasteiger partial charge in [0.15, 0.2) is 9.84 Å². The molecule has 1 N–H and O–H groups in total. The number of nitrogens with one attached hydrogen (secondary N) is 1. The second-order valence-corrected chi connectivity index (χ2v) is 9.92. The molecule has 1 aromatic carbocycles. The quantitative estimate of drug-likeness (QED) is 0.847. The zero-order chi connectivity index (χ0) is 18.9. The molecule has 2 saturated heterocycles. The van der Waals surface area contributed by atoms with Gasteiger partial charge in [0, 0.05) is 55.7 Å². The van der Waals surface area contributed by atoms with Gasteiger partial charge >= 0.3 is 0 Å². The van der Waals surface area contributed by atoms with Crippen molar-refractivity contribution >= 4 is 26.6 Å². The molecule has 146 valence electrons. The lowest BCUT2D eigenvalue weighted by Gasteiger charge is -2.37. The van der Waals surface area contributed by atoms with E-state index < -0.39 is 9.84 Å². The molecule has 1 aromatic heterocycles. The van der Waals surface area contributed by atoms with Crippen molar-refractivity contribution in [3.8, 4) is 0 Å². The maximum atomic E-state index is 12.5. The highest BCUT2D eigenvalue weighted by Crippen LogP contribution is 2.21. The maximum Gasteiger partial charge on any atom is 0.222 e. The molecule has 4 rings (SSSR count). The van der Waals surface area contributed by atoms with E-state index in [1.54, 1.807) is 0 Å². The standard InChI is InChI=1S/C20H27N3O3S/c24-20(7-3-4-16-14-21-19-6-2-1-5-18(16)19)23-11-9-22(10-12-23)17-8-13-27(25,26)15-17/h1-2,5-6,14,17,21H,3-4,7-13,15H2. The summed E-state index contributed by atoms with van der Waals surface area (Å²) in [5.74, 6) is 0.810. The first-order valence-corrected chi connectivity index (χ1v) is 11.6. The molecule has 1 unspecified atom stereocenters. The Bertz CT molecular complexity index is 913. The molecule has 0 aliphatic carbocycles. The summed E-state index contributed by atoms with van der Waals surface area (Å²) in [5.41, 5.74) is 2.41. The fourth-order valence-corrected chi connectivity index (χ4v) is 6.09. The number of amides is 1. The first-order valence-electron chi connectivity index (χ1n) is 9.79. The molecular formula is C20H27N3O3S. The summed E-state index contributed by atoms with van der Waals surface area (Å²) in [5, 5.41) is 1.24. The van der Waals surface area contributed by atoms with Gasteiger partial charge in [-0.05, 0) is 30.9 Å². The Morgan fingerprint density at radius 1 is 1.15 bits per heavy atom. The minimum Gasteiger partial charge on any atom is -0.361 e. The molecule has 7 heteroatoms. The van der Waals surface area contributed by atoms with Gasteiger partial charge in [-0.25, -0.2) is 8.42 Å². The number of rotatable bonds is 5. The molecule has 3 heterocycles. The van der Waals surface area contributed by atoms with E-state index in [4.69, 9.17) is 0 Å². The third-order valence-corrected chi connectivity index (χ3v) is 7.65. The van der Waals surface area contributed by atoms with Crippen LogP contribution in [0, 0.1) is 0 Å². The number of sulfone groups is 1. The van der Waals surface area contributed by atoms with Crippen molar-refractivity contribution in [2.75, 3.05) is 37.7 Å². The molecule has 0 radical (unpaired) electrons. The molecule has 2 aliphatic heterocycles. The van der Waals surface area contributed by atoms with Crippen LogP contribution in [0.3, 0.4) is 0 Å². The first-order chi connectivity index (χ1) is 13.0. The van der Waals surface area contributed by atoms with Crippen molar-refractivity contribution in [3.05, 3.63) is 36.0 Å². The fraction of sp³-hybridized carbons (Fsp3) is 0.550. The summed E-state index contributed by atoms with van der Waals surface area (Å²) >= 11 is 0. The van der Waals surface area contributed by atoms with Crippen LogP contribution >= 0.6 is 0 Å². The number of hydrogen-bond donors (Lipinski definition) is 1. The van der Waals surface area contributed by atoms with E-state index in [-0.39, 0.29) is 17.7 Å². The number of piperazine rings is 1. The minimum absolute atomic E-state index is 0.147. The van der Waals surface area contributed by atoms with Crippen LogP contribution in [-0.2, 0) is 21.1 Å². The van der Waals surface area contributed by atoms with Crippen LogP contribution in [0.5, 0.6) is 0 Å². The lowest BCUT2D eigenvalue weighted by molar-refractivity contribution is -0.133. The van der Waals surface area contributed by atoms with E-state index in [1.165, 1.54) is 10.9 Å². The molecule has 0 bridgehead atoms. The summed E-state index contributed by atoms with van der Waals surface area (Å²) in [4.78, 5) is 20.0. The number of carbonyl (C=O) groups excluding carboxylic acids is 1.